The maximum absolute atomic E-state index is 8.60. The maximum Gasteiger partial charge on any atom is 0.125 e. The molecule has 0 bridgehead atoms. The summed E-state index contributed by atoms with van der Waals surface area (Å²) in [7, 11) is 0. The number of hydrogen-bond donors (Lipinski definition) is 1. The van der Waals surface area contributed by atoms with Gasteiger partial charge < -0.3 is 10.5 Å². The van der Waals surface area contributed by atoms with Crippen molar-refractivity contribution in [3.8, 4) is 11.8 Å². The number of nitrogens with zero attached hydrogens (tertiary/aromatic N) is 1. The molecule has 60 valence electrons. The normalized spacial score (nSPS) is 19.5. The summed E-state index contributed by atoms with van der Waals surface area (Å²) in [6, 6.07) is 7.35. The first kappa shape index (κ1) is 7.14. The van der Waals surface area contributed by atoms with Gasteiger partial charge >= 0.3 is 0 Å². The molecular weight excluding hydrogens is 152 g/mol. The van der Waals surface area contributed by atoms with Crippen LogP contribution in [0.4, 0.5) is 0 Å². The molecule has 0 aromatic heterocycles. The maximum atomic E-state index is 8.60. The molecule has 0 saturated heterocycles. The van der Waals surface area contributed by atoms with Gasteiger partial charge in [-0.3, -0.25) is 0 Å². The van der Waals surface area contributed by atoms with Crippen LogP contribution in [0.5, 0.6) is 5.75 Å². The van der Waals surface area contributed by atoms with Crippen molar-refractivity contribution in [3.05, 3.63) is 29.3 Å². The molecule has 1 aromatic carbocycles. The lowest BCUT2D eigenvalue weighted by Gasteiger charge is -1.98. The van der Waals surface area contributed by atoms with Crippen LogP contribution in [-0.4, -0.2) is 6.61 Å². The van der Waals surface area contributed by atoms with Gasteiger partial charge in [-0.1, -0.05) is 6.07 Å². The Balaban J connectivity index is 2.50. The van der Waals surface area contributed by atoms with Crippen LogP contribution in [0.25, 0.3) is 0 Å². The lowest BCUT2D eigenvalue weighted by molar-refractivity contribution is 0.333. The van der Waals surface area contributed by atoms with E-state index in [4.69, 9.17) is 15.7 Å². The van der Waals surface area contributed by atoms with Crippen LogP contribution < -0.4 is 10.5 Å². The lowest BCUT2D eigenvalue weighted by atomic mass is 10.1. The van der Waals surface area contributed by atoms with Crippen LogP contribution in [0.1, 0.15) is 17.2 Å². The standard InChI is InChI=1S/C9H8N2O/c10-4-6-1-2-7-8(11)5-12-9(7)3-6/h1-3,8H,5,11H2/t8-/m1/s1. The zero-order chi connectivity index (χ0) is 8.55. The molecule has 2 rings (SSSR count). The summed E-state index contributed by atoms with van der Waals surface area (Å²) in [5.41, 5.74) is 7.34. The summed E-state index contributed by atoms with van der Waals surface area (Å²) >= 11 is 0. The molecule has 1 heterocycles. The molecule has 2 N–H and O–H groups in total. The fourth-order valence-corrected chi connectivity index (χ4v) is 1.30. The summed E-state index contributed by atoms with van der Waals surface area (Å²) in [5, 5.41) is 8.60. The average molecular weight is 160 g/mol. The molecule has 0 unspecified atom stereocenters. The monoisotopic (exact) mass is 160 g/mol. The van der Waals surface area contributed by atoms with Gasteiger partial charge in [-0.05, 0) is 12.1 Å². The number of hydrogen-bond acceptors (Lipinski definition) is 3. The van der Waals surface area contributed by atoms with Gasteiger partial charge in [-0.15, -0.1) is 0 Å². The van der Waals surface area contributed by atoms with Crippen molar-refractivity contribution in [1.82, 2.24) is 0 Å². The smallest absolute Gasteiger partial charge is 0.125 e. The molecule has 1 atom stereocenters. The van der Waals surface area contributed by atoms with Crippen molar-refractivity contribution in [2.75, 3.05) is 6.61 Å². The van der Waals surface area contributed by atoms with E-state index in [0.29, 0.717) is 12.2 Å². The van der Waals surface area contributed by atoms with Gasteiger partial charge in [0.25, 0.3) is 0 Å². The minimum Gasteiger partial charge on any atom is -0.491 e. The molecule has 3 heteroatoms. The molecule has 0 fully saturated rings. The highest BCUT2D eigenvalue weighted by Gasteiger charge is 2.20. The predicted octanol–water partition coefficient (Wildman–Crippen LogP) is 0.950. The quantitative estimate of drug-likeness (QED) is 0.614. The Morgan fingerprint density at radius 3 is 3.17 bits per heavy atom. The Bertz CT molecular complexity index is 354. The molecule has 3 nitrogen and oxygen atoms in total. The van der Waals surface area contributed by atoms with Crippen molar-refractivity contribution in [2.24, 2.45) is 5.73 Å². The van der Waals surface area contributed by atoms with Gasteiger partial charge in [0.2, 0.25) is 0 Å². The zero-order valence-electron chi connectivity index (χ0n) is 6.45. The molecule has 0 amide bonds. The SMILES string of the molecule is N#Cc1ccc2c(c1)OC[C@H]2N. The van der Waals surface area contributed by atoms with E-state index in [0.717, 1.165) is 11.3 Å². The molecule has 1 aliphatic rings. The molecule has 0 saturated carbocycles. The summed E-state index contributed by atoms with van der Waals surface area (Å²) in [6.45, 7) is 0.518. The minimum atomic E-state index is -0.0345. The van der Waals surface area contributed by atoms with Crippen LogP contribution >= 0.6 is 0 Å². The molecule has 12 heavy (non-hydrogen) atoms. The summed E-state index contributed by atoms with van der Waals surface area (Å²) in [6.07, 6.45) is 0. The highest BCUT2D eigenvalue weighted by atomic mass is 16.5. The van der Waals surface area contributed by atoms with Gasteiger partial charge in [-0.25, -0.2) is 0 Å². The molecule has 0 radical (unpaired) electrons. The second-order valence-corrected chi connectivity index (χ2v) is 2.78. The van der Waals surface area contributed by atoms with Gasteiger partial charge in [0, 0.05) is 5.56 Å². The molecule has 0 aliphatic carbocycles. The number of rotatable bonds is 0. The highest BCUT2D eigenvalue weighted by molar-refractivity contribution is 5.45. The van der Waals surface area contributed by atoms with E-state index >= 15 is 0 Å². The van der Waals surface area contributed by atoms with Crippen molar-refractivity contribution in [2.45, 2.75) is 6.04 Å². The Hall–Kier alpha value is -1.53. The third kappa shape index (κ3) is 0.936. The van der Waals surface area contributed by atoms with Crippen LogP contribution in [0.2, 0.25) is 0 Å². The predicted molar refractivity (Wildman–Crippen MR) is 43.6 cm³/mol. The molecule has 1 aliphatic heterocycles. The lowest BCUT2D eigenvalue weighted by Crippen LogP contribution is -2.10. The van der Waals surface area contributed by atoms with Crippen LogP contribution in [0.3, 0.4) is 0 Å². The Morgan fingerprint density at radius 1 is 1.58 bits per heavy atom. The van der Waals surface area contributed by atoms with E-state index in [9.17, 15) is 0 Å². The first-order valence-electron chi connectivity index (χ1n) is 3.73. The summed E-state index contributed by atoms with van der Waals surface area (Å²) in [5.74, 6) is 0.751. The van der Waals surface area contributed by atoms with E-state index < -0.39 is 0 Å². The van der Waals surface area contributed by atoms with Crippen molar-refractivity contribution in [3.63, 3.8) is 0 Å². The van der Waals surface area contributed by atoms with E-state index in [2.05, 4.69) is 6.07 Å². The van der Waals surface area contributed by atoms with Gasteiger partial charge in [0.15, 0.2) is 0 Å². The van der Waals surface area contributed by atoms with Gasteiger partial charge in [0.1, 0.15) is 12.4 Å². The first-order chi connectivity index (χ1) is 5.81. The largest absolute Gasteiger partial charge is 0.491 e. The molecule has 0 spiro atoms. The Morgan fingerprint density at radius 2 is 2.42 bits per heavy atom. The third-order valence-corrected chi connectivity index (χ3v) is 1.96. The van der Waals surface area contributed by atoms with Crippen LogP contribution in [0, 0.1) is 11.3 Å². The molecular formula is C9H8N2O. The zero-order valence-corrected chi connectivity index (χ0v) is 6.45. The Labute approximate surface area is 70.4 Å². The van der Waals surface area contributed by atoms with Crippen LogP contribution in [-0.2, 0) is 0 Å². The summed E-state index contributed by atoms with van der Waals surface area (Å²) in [4.78, 5) is 0. The number of nitriles is 1. The average Bonchev–Trinajstić information content (AvgIpc) is 2.47. The van der Waals surface area contributed by atoms with Gasteiger partial charge in [0.05, 0.1) is 17.7 Å². The van der Waals surface area contributed by atoms with Gasteiger partial charge in [-0.2, -0.15) is 5.26 Å². The fourth-order valence-electron chi connectivity index (χ4n) is 1.30. The number of benzene rings is 1. The minimum absolute atomic E-state index is 0.0345. The van der Waals surface area contributed by atoms with Crippen LogP contribution in [0.15, 0.2) is 18.2 Å². The number of ether oxygens (including phenoxy) is 1. The summed E-state index contributed by atoms with van der Waals surface area (Å²) < 4.78 is 5.28. The topological polar surface area (TPSA) is 59.0 Å². The number of nitrogens with two attached hydrogens (primary N) is 1. The van der Waals surface area contributed by atoms with Crippen molar-refractivity contribution in [1.29, 1.82) is 5.26 Å². The Kier molecular flexibility index (Phi) is 1.49. The van der Waals surface area contributed by atoms with E-state index in [1.165, 1.54) is 0 Å². The van der Waals surface area contributed by atoms with E-state index in [1.54, 1.807) is 12.1 Å². The van der Waals surface area contributed by atoms with Crippen molar-refractivity contribution >= 4 is 0 Å². The molecule has 1 aromatic rings. The third-order valence-electron chi connectivity index (χ3n) is 1.96. The van der Waals surface area contributed by atoms with E-state index in [1.807, 2.05) is 6.07 Å². The second kappa shape index (κ2) is 2.50. The van der Waals surface area contributed by atoms with E-state index in [-0.39, 0.29) is 6.04 Å². The highest BCUT2D eigenvalue weighted by Crippen LogP contribution is 2.31. The fraction of sp³-hybridized carbons (Fsp3) is 0.222. The number of fused-ring (bicyclic) bond motifs is 1. The first-order valence-corrected chi connectivity index (χ1v) is 3.73. The second-order valence-electron chi connectivity index (χ2n) is 2.78. The van der Waals surface area contributed by atoms with Crippen molar-refractivity contribution < 1.29 is 4.74 Å².